The molecule has 0 aromatic rings. The Hall–Kier alpha value is -0.350. The molecule has 0 aromatic heterocycles. The van der Waals surface area contributed by atoms with E-state index in [0.29, 0.717) is 6.42 Å². The Kier molecular flexibility index (Phi) is 20.3. The van der Waals surface area contributed by atoms with Crippen LogP contribution in [0.1, 0.15) is 64.7 Å². The smallest absolute Gasteiger partial charge is 0.550 e. The van der Waals surface area contributed by atoms with Crippen molar-refractivity contribution in [2.75, 3.05) is 0 Å². The molecular formula is C18H29NaO3. The third-order valence-corrected chi connectivity index (χ3v) is 3.08. The van der Waals surface area contributed by atoms with Gasteiger partial charge in [0.2, 0.25) is 0 Å². The van der Waals surface area contributed by atoms with E-state index in [1.807, 2.05) is 12.2 Å². The maximum absolute atomic E-state index is 10.2. The van der Waals surface area contributed by atoms with E-state index < -0.39 is 12.1 Å². The topological polar surface area (TPSA) is 60.4 Å². The molecular weight excluding hydrogens is 287 g/mol. The van der Waals surface area contributed by atoms with E-state index in [2.05, 4.69) is 19.1 Å². The Balaban J connectivity index is 0. The molecule has 0 fully saturated rings. The van der Waals surface area contributed by atoms with Crippen LogP contribution in [0.4, 0.5) is 0 Å². The molecule has 0 aliphatic carbocycles. The molecule has 0 spiro atoms. The van der Waals surface area contributed by atoms with Gasteiger partial charge < -0.3 is 15.0 Å². The monoisotopic (exact) mass is 316 g/mol. The molecule has 0 bridgehead atoms. The molecule has 0 saturated carbocycles. The van der Waals surface area contributed by atoms with E-state index in [9.17, 15) is 15.0 Å². The number of aliphatic hydroxyl groups excluding tert-OH is 1. The number of carboxylic acid groups (broad SMARTS) is 1. The summed E-state index contributed by atoms with van der Waals surface area (Å²) < 4.78 is 0. The van der Waals surface area contributed by atoms with Crippen molar-refractivity contribution < 1.29 is 44.6 Å². The van der Waals surface area contributed by atoms with E-state index in [0.717, 1.165) is 25.7 Å². The van der Waals surface area contributed by atoms with Crippen molar-refractivity contribution in [1.82, 2.24) is 0 Å². The van der Waals surface area contributed by atoms with E-state index in [4.69, 9.17) is 0 Å². The summed E-state index contributed by atoms with van der Waals surface area (Å²) in [7, 11) is 0. The van der Waals surface area contributed by atoms with Crippen molar-refractivity contribution in [3.63, 3.8) is 0 Å². The number of hydrogen-bond donors (Lipinski definition) is 1. The van der Waals surface area contributed by atoms with Crippen LogP contribution in [0.3, 0.4) is 0 Å². The Morgan fingerprint density at radius 2 is 1.64 bits per heavy atom. The first-order valence-electron chi connectivity index (χ1n) is 8.03. The fourth-order valence-corrected chi connectivity index (χ4v) is 1.85. The van der Waals surface area contributed by atoms with Gasteiger partial charge in [0.05, 0.1) is 6.10 Å². The minimum absolute atomic E-state index is 0. The number of carbonyl (C=O) groups excluding carboxylic acids is 1. The van der Waals surface area contributed by atoms with Crippen molar-refractivity contribution in [2.24, 2.45) is 0 Å². The average molecular weight is 316 g/mol. The Morgan fingerprint density at radius 3 is 2.32 bits per heavy atom. The number of hydrogen-bond acceptors (Lipinski definition) is 3. The van der Waals surface area contributed by atoms with Crippen molar-refractivity contribution >= 4 is 5.97 Å². The first kappa shape index (κ1) is 23.9. The van der Waals surface area contributed by atoms with E-state index in [-0.39, 0.29) is 36.0 Å². The third kappa shape index (κ3) is 19.7. The van der Waals surface area contributed by atoms with Crippen LogP contribution in [-0.2, 0) is 4.79 Å². The number of allylic oxidation sites excluding steroid dienone is 4. The quantitative estimate of drug-likeness (QED) is 0.302. The molecule has 0 radical (unpaired) electrons. The predicted octanol–water partition coefficient (Wildman–Crippen LogP) is 0.301. The number of unbranched alkanes of at least 4 members (excludes halogenated alkanes) is 5. The van der Waals surface area contributed by atoms with Gasteiger partial charge in [0.15, 0.2) is 0 Å². The Labute approximate surface area is 157 Å². The predicted molar refractivity (Wildman–Crippen MR) is 85.7 cm³/mol. The molecule has 120 valence electrons. The van der Waals surface area contributed by atoms with Crippen LogP contribution >= 0.6 is 0 Å². The van der Waals surface area contributed by atoms with Gasteiger partial charge in [0.1, 0.15) is 0 Å². The Morgan fingerprint density at radius 1 is 1.00 bits per heavy atom. The minimum Gasteiger partial charge on any atom is -0.550 e. The average Bonchev–Trinajstić information content (AvgIpc) is 2.45. The van der Waals surface area contributed by atoms with Crippen LogP contribution in [0.15, 0.2) is 36.5 Å². The van der Waals surface area contributed by atoms with Gasteiger partial charge in [0, 0.05) is 5.97 Å². The summed E-state index contributed by atoms with van der Waals surface area (Å²) in [6, 6.07) is 0. The molecule has 0 aromatic carbocycles. The van der Waals surface area contributed by atoms with Gasteiger partial charge in [-0.25, -0.2) is 0 Å². The number of aliphatic hydroxyl groups is 1. The molecule has 0 aliphatic rings. The molecule has 0 saturated heterocycles. The maximum atomic E-state index is 10.2. The van der Waals surface area contributed by atoms with E-state index in [1.54, 1.807) is 12.2 Å². The zero-order valence-electron chi connectivity index (χ0n) is 14.2. The summed E-state index contributed by atoms with van der Waals surface area (Å²) in [4.78, 5) is 10.2. The second-order valence-electron chi connectivity index (χ2n) is 5.17. The SMILES string of the molecule is CCCCC/C=C\C/C=C\C(O)/C=C\CCCCC(=O)[O-].[Na+]. The second kappa shape index (κ2) is 18.7. The molecule has 1 N–H and O–H groups in total. The molecule has 0 rings (SSSR count). The summed E-state index contributed by atoms with van der Waals surface area (Å²) >= 11 is 0. The van der Waals surface area contributed by atoms with Gasteiger partial charge in [-0.1, -0.05) is 56.2 Å². The number of carboxylic acids is 1. The maximum Gasteiger partial charge on any atom is 1.00 e. The Bertz CT molecular complexity index is 335. The molecule has 0 amide bonds. The first-order valence-corrected chi connectivity index (χ1v) is 8.03. The van der Waals surface area contributed by atoms with Crippen molar-refractivity contribution in [2.45, 2.75) is 70.8 Å². The van der Waals surface area contributed by atoms with Crippen molar-refractivity contribution in [3.05, 3.63) is 36.5 Å². The minimum atomic E-state index is -0.996. The van der Waals surface area contributed by atoms with Crippen LogP contribution in [0, 0.1) is 0 Å². The van der Waals surface area contributed by atoms with Gasteiger partial charge in [0.25, 0.3) is 0 Å². The van der Waals surface area contributed by atoms with Crippen molar-refractivity contribution in [1.29, 1.82) is 0 Å². The van der Waals surface area contributed by atoms with Gasteiger partial charge in [-0.15, -0.1) is 0 Å². The molecule has 1 atom stereocenters. The van der Waals surface area contributed by atoms with Crippen LogP contribution in [0.5, 0.6) is 0 Å². The van der Waals surface area contributed by atoms with Crippen LogP contribution in [0.25, 0.3) is 0 Å². The van der Waals surface area contributed by atoms with Gasteiger partial charge in [-0.05, 0) is 44.9 Å². The van der Waals surface area contributed by atoms with Gasteiger partial charge in [-0.2, -0.15) is 0 Å². The molecule has 0 aliphatic heterocycles. The molecule has 0 heterocycles. The molecule has 3 nitrogen and oxygen atoms in total. The zero-order chi connectivity index (χ0) is 15.8. The van der Waals surface area contributed by atoms with Gasteiger partial charge in [-0.3, -0.25) is 0 Å². The fourth-order valence-electron chi connectivity index (χ4n) is 1.85. The van der Waals surface area contributed by atoms with E-state index in [1.165, 1.54) is 19.3 Å². The number of carbonyl (C=O) groups is 1. The standard InChI is InChI=1S/C18H30O3.Na/c1-2-3-4-5-6-7-8-11-14-17(19)15-12-9-10-13-16-18(20)21;/h6-7,11-12,14-15,17,19H,2-5,8-10,13,16H2,1H3,(H,20,21);/q;+1/p-1/b7-6-,14-11-,15-12-;. The summed E-state index contributed by atoms with van der Waals surface area (Å²) in [5.41, 5.74) is 0. The van der Waals surface area contributed by atoms with Crippen molar-refractivity contribution in [3.8, 4) is 0 Å². The largest absolute Gasteiger partial charge is 1.00 e. The van der Waals surface area contributed by atoms with Crippen LogP contribution in [0.2, 0.25) is 0 Å². The number of aliphatic carboxylic acids is 1. The summed E-state index contributed by atoms with van der Waals surface area (Å²) in [5.74, 6) is -0.996. The molecule has 4 heteroatoms. The fraction of sp³-hybridized carbons (Fsp3) is 0.611. The van der Waals surface area contributed by atoms with Crippen LogP contribution in [-0.4, -0.2) is 17.2 Å². The second-order valence-corrected chi connectivity index (χ2v) is 5.17. The summed E-state index contributed by atoms with van der Waals surface area (Å²) in [6.07, 6.45) is 19.2. The normalized spacial score (nSPS) is 13.0. The summed E-state index contributed by atoms with van der Waals surface area (Å²) in [6.45, 7) is 2.20. The first-order chi connectivity index (χ1) is 10.2. The van der Waals surface area contributed by atoms with Crippen LogP contribution < -0.4 is 34.7 Å². The van der Waals surface area contributed by atoms with E-state index >= 15 is 0 Å². The molecule has 22 heavy (non-hydrogen) atoms. The summed E-state index contributed by atoms with van der Waals surface area (Å²) in [5, 5.41) is 19.9. The molecule has 1 unspecified atom stereocenters. The zero-order valence-corrected chi connectivity index (χ0v) is 16.2. The third-order valence-electron chi connectivity index (χ3n) is 3.08. The van der Waals surface area contributed by atoms with Gasteiger partial charge >= 0.3 is 29.6 Å². The number of rotatable bonds is 13.